The van der Waals surface area contributed by atoms with Crippen LogP contribution < -0.4 is 5.32 Å². The van der Waals surface area contributed by atoms with Crippen LogP contribution in [0.3, 0.4) is 0 Å². The lowest BCUT2D eigenvalue weighted by atomic mass is 9.92. The summed E-state index contributed by atoms with van der Waals surface area (Å²) in [4.78, 5) is 21.6. The van der Waals surface area contributed by atoms with E-state index in [1.54, 1.807) is 7.11 Å². The van der Waals surface area contributed by atoms with Crippen LogP contribution in [0.5, 0.6) is 0 Å². The lowest BCUT2D eigenvalue weighted by Gasteiger charge is -2.39. The Hall–Kier alpha value is -1.15. The number of allylic oxidation sites excluding steroid dienone is 1. The van der Waals surface area contributed by atoms with Gasteiger partial charge in [-0.3, -0.25) is 9.69 Å². The van der Waals surface area contributed by atoms with Gasteiger partial charge in [0.25, 0.3) is 0 Å². The number of carbonyl (C=O) groups excluding carboxylic acids is 1. The molecule has 0 aromatic rings. The van der Waals surface area contributed by atoms with Crippen LogP contribution in [0.15, 0.2) is 5.70 Å². The van der Waals surface area contributed by atoms with Crippen LogP contribution in [0, 0.1) is 18.4 Å². The van der Waals surface area contributed by atoms with Crippen molar-refractivity contribution in [1.82, 2.24) is 24.9 Å². The average molecular weight is 625 g/mol. The summed E-state index contributed by atoms with van der Waals surface area (Å²) >= 11 is 0. The second kappa shape index (κ2) is 28.1. The maximum Gasteiger partial charge on any atom is 0.222 e. The number of piperidine rings is 2. The van der Waals surface area contributed by atoms with Crippen molar-refractivity contribution in [2.45, 2.75) is 126 Å². The van der Waals surface area contributed by atoms with Gasteiger partial charge in [0, 0.05) is 72.6 Å². The summed E-state index contributed by atoms with van der Waals surface area (Å²) in [5.74, 6) is 1.99. The number of amides is 1. The van der Waals surface area contributed by atoms with Gasteiger partial charge in [0.2, 0.25) is 5.91 Å². The number of nitrogens with zero attached hydrogens (tertiary/aromatic N) is 4. The number of piperazine rings is 1. The maximum absolute atomic E-state index is 11.9. The van der Waals surface area contributed by atoms with Crippen molar-refractivity contribution in [3.8, 4) is 0 Å². The third-order valence-corrected chi connectivity index (χ3v) is 9.12. The molecular formula is C37H78N5O2. The zero-order valence-electron chi connectivity index (χ0n) is 31.0. The highest BCUT2D eigenvalue weighted by Crippen LogP contribution is 2.23. The molecule has 0 spiro atoms. The Morgan fingerprint density at radius 2 is 1.43 bits per heavy atom. The van der Waals surface area contributed by atoms with Gasteiger partial charge >= 0.3 is 0 Å². The molecule has 0 aromatic carbocycles. The molecule has 0 unspecified atom stereocenters. The van der Waals surface area contributed by atoms with Gasteiger partial charge in [0.05, 0.1) is 0 Å². The topological polar surface area (TPSA) is 51.3 Å². The van der Waals surface area contributed by atoms with Gasteiger partial charge in [-0.25, -0.2) is 0 Å². The molecule has 0 aliphatic carbocycles. The van der Waals surface area contributed by atoms with Crippen molar-refractivity contribution >= 4 is 5.91 Å². The van der Waals surface area contributed by atoms with Gasteiger partial charge in [-0.2, -0.15) is 0 Å². The molecule has 3 heterocycles. The number of unbranched alkanes of at least 4 members (excludes halogenated alkanes) is 2. The van der Waals surface area contributed by atoms with E-state index in [4.69, 9.17) is 11.3 Å². The highest BCUT2D eigenvalue weighted by atomic mass is 16.5. The summed E-state index contributed by atoms with van der Waals surface area (Å²) in [6, 6.07) is 0.694. The molecule has 0 atom stereocenters. The summed E-state index contributed by atoms with van der Waals surface area (Å²) in [7, 11) is 1.76. The van der Waals surface area contributed by atoms with E-state index in [0.29, 0.717) is 18.4 Å². The molecule has 3 aliphatic rings. The largest absolute Gasteiger partial charge is 0.388 e. The smallest absolute Gasteiger partial charge is 0.222 e. The van der Waals surface area contributed by atoms with Gasteiger partial charge in [0.15, 0.2) is 0 Å². The van der Waals surface area contributed by atoms with Gasteiger partial charge in [-0.05, 0) is 123 Å². The number of ether oxygens (including phenoxy) is 1. The molecule has 7 nitrogen and oxygen atoms in total. The first-order valence-electron chi connectivity index (χ1n) is 18.7. The van der Waals surface area contributed by atoms with Crippen molar-refractivity contribution < 1.29 is 11.0 Å². The van der Waals surface area contributed by atoms with E-state index in [1.165, 1.54) is 77.8 Å². The zero-order chi connectivity index (χ0) is 33.2. The van der Waals surface area contributed by atoms with E-state index in [1.807, 2.05) is 27.7 Å². The Morgan fingerprint density at radius 1 is 0.841 bits per heavy atom. The molecule has 1 N–H and O–H groups in total. The van der Waals surface area contributed by atoms with Gasteiger partial charge in [0.1, 0.15) is 0 Å². The summed E-state index contributed by atoms with van der Waals surface area (Å²) in [6.45, 7) is 36.3. The molecule has 3 rings (SSSR count). The second-order valence-electron chi connectivity index (χ2n) is 12.6. The molecule has 3 saturated heterocycles. The Morgan fingerprint density at radius 3 is 1.95 bits per heavy atom. The molecule has 0 aromatic heterocycles. The van der Waals surface area contributed by atoms with Gasteiger partial charge in [-0.1, -0.05) is 41.5 Å². The Bertz CT molecular complexity index is 672. The van der Waals surface area contributed by atoms with E-state index >= 15 is 0 Å². The van der Waals surface area contributed by atoms with Gasteiger partial charge < -0.3 is 24.8 Å². The van der Waals surface area contributed by atoms with E-state index in [9.17, 15) is 4.79 Å². The first kappa shape index (κ1) is 42.9. The summed E-state index contributed by atoms with van der Waals surface area (Å²) < 4.78 is 5.03. The predicted octanol–water partition coefficient (Wildman–Crippen LogP) is 7.18. The third-order valence-electron chi connectivity index (χ3n) is 9.12. The van der Waals surface area contributed by atoms with E-state index < -0.39 is 0 Å². The molecule has 0 bridgehead atoms. The molecule has 1 amide bonds. The lowest BCUT2D eigenvalue weighted by Crippen LogP contribution is -2.50. The van der Waals surface area contributed by atoms with Crippen LogP contribution in [0.2, 0.25) is 0 Å². The number of carbonyl (C=O) groups is 1. The van der Waals surface area contributed by atoms with Crippen LogP contribution in [-0.2, 0) is 9.53 Å². The van der Waals surface area contributed by atoms with E-state index in [-0.39, 0.29) is 1.43 Å². The number of methoxy groups -OCH3 is 1. The summed E-state index contributed by atoms with van der Waals surface area (Å²) in [5.41, 5.74) is 0.988. The predicted molar refractivity (Wildman–Crippen MR) is 193 cm³/mol. The molecule has 1 radical (unpaired) electrons. The Kier molecular flexibility index (Phi) is 27.4. The number of nitrogens with one attached hydrogen (secondary N) is 1. The molecule has 0 saturated carbocycles. The van der Waals surface area contributed by atoms with Gasteiger partial charge in [-0.15, -0.1) is 0 Å². The molecule has 7 heteroatoms. The fourth-order valence-electron chi connectivity index (χ4n) is 6.26. The average Bonchev–Trinajstić information content (AvgIpc) is 3.06. The highest BCUT2D eigenvalue weighted by Gasteiger charge is 2.25. The fraction of sp³-hybridized carbons (Fsp3) is 0.919. The first-order chi connectivity index (χ1) is 21.4. The van der Waals surface area contributed by atoms with Crippen LogP contribution in [0.1, 0.15) is 121 Å². The standard InChI is InChI=1S/C17H33N3O.C16H31N2O.2C2H6.H2/c1-4-5-17(21)20-12-10-18(11-13-20)14-16-6-8-19(9-7-16)15(2)3;1-4-18-11-8-16(9-12-18)14-15(2)17-10-6-5-7-13-19-3;2*1-2;/h15-16H,4-14H2,1-3H3;2,16-17H,4-14H2,1,3H3;2*1-2H3;1H. The number of hydrogen-bond acceptors (Lipinski definition) is 6. The lowest BCUT2D eigenvalue weighted by molar-refractivity contribution is -0.133. The fourth-order valence-corrected chi connectivity index (χ4v) is 6.26. The number of likely N-dealkylation sites (tertiary alicyclic amines) is 2. The SMILES string of the molecule is CC.CC.CCCC(=O)N1CCN(CC2CCN(C(C)C)CC2)CC1.[CH]=C(CC1CCN(CC)CC1)NCCCCCOC.[HH]. The van der Waals surface area contributed by atoms with Crippen LogP contribution in [0.25, 0.3) is 0 Å². The van der Waals surface area contributed by atoms with Crippen LogP contribution >= 0.6 is 0 Å². The van der Waals surface area contributed by atoms with Crippen molar-refractivity contribution in [2.75, 3.05) is 85.7 Å². The minimum atomic E-state index is 0. The summed E-state index contributed by atoms with van der Waals surface area (Å²) in [5, 5.41) is 3.37. The monoisotopic (exact) mass is 625 g/mol. The highest BCUT2D eigenvalue weighted by molar-refractivity contribution is 5.76. The molecule has 3 aliphatic heterocycles. The number of hydrogen-bond donors (Lipinski definition) is 1. The van der Waals surface area contributed by atoms with Crippen molar-refractivity contribution in [2.24, 2.45) is 11.8 Å². The molecule has 3 fully saturated rings. The van der Waals surface area contributed by atoms with Crippen molar-refractivity contribution in [3.63, 3.8) is 0 Å². The van der Waals surface area contributed by atoms with E-state index in [0.717, 1.165) is 76.1 Å². The van der Waals surface area contributed by atoms with Crippen molar-refractivity contribution in [3.05, 3.63) is 12.3 Å². The summed E-state index contributed by atoms with van der Waals surface area (Å²) in [6.07, 6.45) is 11.5. The van der Waals surface area contributed by atoms with Crippen LogP contribution in [0.4, 0.5) is 0 Å². The second-order valence-corrected chi connectivity index (χ2v) is 12.6. The maximum atomic E-state index is 11.9. The third kappa shape index (κ3) is 19.4. The normalized spacial score (nSPS) is 18.8. The minimum Gasteiger partial charge on any atom is -0.388 e. The Balaban J connectivity index is 0. The molecule has 263 valence electrons. The molecule has 44 heavy (non-hydrogen) atoms. The number of rotatable bonds is 15. The quantitative estimate of drug-likeness (QED) is 0.195. The zero-order valence-corrected chi connectivity index (χ0v) is 31.0. The Labute approximate surface area is 277 Å². The van der Waals surface area contributed by atoms with Crippen molar-refractivity contribution in [1.29, 1.82) is 0 Å². The first-order valence-corrected chi connectivity index (χ1v) is 18.7. The van der Waals surface area contributed by atoms with Crippen LogP contribution in [-0.4, -0.2) is 117 Å². The molecular weight excluding hydrogens is 546 g/mol. The van der Waals surface area contributed by atoms with E-state index in [2.05, 4.69) is 52.6 Å². The minimum absolute atomic E-state index is 0.